The summed E-state index contributed by atoms with van der Waals surface area (Å²) in [7, 11) is 1.66. The Morgan fingerprint density at radius 2 is 1.87 bits per heavy atom. The van der Waals surface area contributed by atoms with E-state index in [1.807, 2.05) is 6.92 Å². The van der Waals surface area contributed by atoms with E-state index in [4.69, 9.17) is 4.74 Å². The lowest BCUT2D eigenvalue weighted by molar-refractivity contribution is -0.149. The number of thiol groups is 1. The van der Waals surface area contributed by atoms with E-state index in [0.717, 1.165) is 12.1 Å². The number of ether oxygens (including phenoxy) is 1. The van der Waals surface area contributed by atoms with Crippen LogP contribution in [0.15, 0.2) is 29.0 Å². The second-order valence-corrected chi connectivity index (χ2v) is 7.97. The predicted octanol–water partition coefficient (Wildman–Crippen LogP) is 4.05. The number of aliphatic imine (C=N–C) groups is 1. The lowest BCUT2D eigenvalue weighted by atomic mass is 10.0. The van der Waals surface area contributed by atoms with Gasteiger partial charge < -0.3 is 9.64 Å². The summed E-state index contributed by atoms with van der Waals surface area (Å²) in [6.07, 6.45) is -1.63. The zero-order chi connectivity index (χ0) is 22.9. The molecule has 2 unspecified atom stereocenters. The van der Waals surface area contributed by atoms with Crippen molar-refractivity contribution in [2.45, 2.75) is 58.5 Å². The van der Waals surface area contributed by atoms with Crippen LogP contribution >= 0.6 is 12.6 Å². The van der Waals surface area contributed by atoms with Crippen molar-refractivity contribution >= 4 is 18.2 Å². The van der Waals surface area contributed by atoms with Gasteiger partial charge in [-0.15, -0.1) is 12.6 Å². The van der Waals surface area contributed by atoms with E-state index in [2.05, 4.69) is 54.8 Å². The van der Waals surface area contributed by atoms with E-state index in [1.165, 1.54) is 16.0 Å². The molecule has 174 valence electrons. The van der Waals surface area contributed by atoms with E-state index in [9.17, 15) is 13.2 Å². The molecule has 0 radical (unpaired) electrons. The summed E-state index contributed by atoms with van der Waals surface area (Å²) in [6, 6.07) is -0.0171. The Morgan fingerprint density at radius 3 is 2.30 bits per heavy atom. The Kier molecular flexibility index (Phi) is 11.5. The minimum atomic E-state index is -4.15. The van der Waals surface area contributed by atoms with Crippen molar-refractivity contribution in [3.05, 3.63) is 24.0 Å². The Balaban J connectivity index is 2.96. The van der Waals surface area contributed by atoms with Gasteiger partial charge in [0.1, 0.15) is 0 Å². The fourth-order valence-corrected chi connectivity index (χ4v) is 4.06. The molecule has 0 spiro atoms. The van der Waals surface area contributed by atoms with Crippen LogP contribution in [0.25, 0.3) is 0 Å². The first-order valence-electron chi connectivity index (χ1n) is 10.4. The molecule has 9 heteroatoms. The summed E-state index contributed by atoms with van der Waals surface area (Å²) < 4.78 is 43.7. The van der Waals surface area contributed by atoms with Crippen molar-refractivity contribution in [1.82, 2.24) is 14.7 Å². The smallest absolute Gasteiger partial charge is 0.377 e. The van der Waals surface area contributed by atoms with E-state index in [1.54, 1.807) is 13.3 Å². The Morgan fingerprint density at radius 1 is 1.27 bits per heavy atom. The van der Waals surface area contributed by atoms with Crippen LogP contribution in [0.4, 0.5) is 13.2 Å². The number of methoxy groups -OCH3 is 1. The normalized spacial score (nSPS) is 20.7. The first-order valence-corrected chi connectivity index (χ1v) is 10.9. The number of hydrogen-bond donors (Lipinski definition) is 1. The first-order chi connectivity index (χ1) is 14.1. The van der Waals surface area contributed by atoms with Crippen molar-refractivity contribution in [3.8, 4) is 0 Å². The maximum absolute atomic E-state index is 12.7. The van der Waals surface area contributed by atoms with E-state index >= 15 is 0 Å². The average molecular weight is 451 g/mol. The maximum atomic E-state index is 12.7. The molecule has 30 heavy (non-hydrogen) atoms. The molecule has 1 rings (SSSR count). The Hall–Kier alpha value is -1.03. The zero-order valence-corrected chi connectivity index (χ0v) is 19.7. The zero-order valence-electron chi connectivity index (χ0n) is 18.8. The molecule has 1 aliphatic heterocycles. The minimum Gasteiger partial charge on any atom is -0.377 e. The lowest BCUT2D eigenvalue weighted by Gasteiger charge is -2.42. The third-order valence-corrected chi connectivity index (χ3v) is 5.90. The van der Waals surface area contributed by atoms with Crippen LogP contribution in [0.1, 0.15) is 34.1 Å². The Labute approximate surface area is 185 Å². The molecule has 0 amide bonds. The van der Waals surface area contributed by atoms with Gasteiger partial charge in [0.15, 0.2) is 0 Å². The summed E-state index contributed by atoms with van der Waals surface area (Å²) in [4.78, 5) is 10.1. The van der Waals surface area contributed by atoms with Crippen molar-refractivity contribution < 1.29 is 17.9 Å². The maximum Gasteiger partial charge on any atom is 0.401 e. The molecule has 1 aliphatic rings. The minimum absolute atomic E-state index is 0.0529. The molecule has 1 fully saturated rings. The molecule has 1 saturated heterocycles. The fraction of sp³-hybridized carbons (Fsp3) is 0.762. The molecular formula is C21H37F3N4OS. The van der Waals surface area contributed by atoms with Crippen molar-refractivity contribution in [3.63, 3.8) is 0 Å². The predicted molar refractivity (Wildman–Crippen MR) is 121 cm³/mol. The van der Waals surface area contributed by atoms with E-state index < -0.39 is 12.7 Å². The van der Waals surface area contributed by atoms with Crippen LogP contribution in [-0.4, -0.2) is 91.0 Å². The topological polar surface area (TPSA) is 31.3 Å². The number of halogens is 3. The summed E-state index contributed by atoms with van der Waals surface area (Å²) >= 11 is 4.06. The van der Waals surface area contributed by atoms with Gasteiger partial charge in [0, 0.05) is 45.0 Å². The highest BCUT2D eigenvalue weighted by atomic mass is 32.1. The highest BCUT2D eigenvalue weighted by molar-refractivity contribution is 7.94. The van der Waals surface area contributed by atoms with Gasteiger partial charge in [-0.3, -0.25) is 14.8 Å². The van der Waals surface area contributed by atoms with Crippen molar-refractivity contribution in [1.29, 1.82) is 0 Å². The molecular weight excluding hydrogens is 413 g/mol. The molecule has 3 atom stereocenters. The fourth-order valence-electron chi connectivity index (χ4n) is 3.85. The lowest BCUT2D eigenvalue weighted by Crippen LogP contribution is -2.53. The Bertz CT molecular complexity index is 589. The number of piperazine rings is 1. The quantitative estimate of drug-likeness (QED) is 0.292. The summed E-state index contributed by atoms with van der Waals surface area (Å²) in [5.74, 6) is 0. The van der Waals surface area contributed by atoms with Gasteiger partial charge in [-0.1, -0.05) is 19.1 Å². The molecule has 0 aliphatic carbocycles. The van der Waals surface area contributed by atoms with Crippen LogP contribution in [0.5, 0.6) is 0 Å². The number of allylic oxidation sites excluding steroid dienone is 1. The van der Waals surface area contributed by atoms with Crippen LogP contribution in [0, 0.1) is 0 Å². The van der Waals surface area contributed by atoms with Gasteiger partial charge in [0.25, 0.3) is 0 Å². The van der Waals surface area contributed by atoms with Crippen LogP contribution < -0.4 is 0 Å². The number of nitrogens with zero attached hydrogens (tertiary/aromatic N) is 4. The van der Waals surface area contributed by atoms with Gasteiger partial charge in [-0.2, -0.15) is 13.2 Å². The van der Waals surface area contributed by atoms with E-state index in [0.29, 0.717) is 32.7 Å². The third kappa shape index (κ3) is 8.24. The van der Waals surface area contributed by atoms with Gasteiger partial charge in [0.05, 0.1) is 30.8 Å². The second kappa shape index (κ2) is 12.7. The molecule has 0 aromatic rings. The molecule has 0 aromatic carbocycles. The number of alkyl halides is 3. The summed E-state index contributed by atoms with van der Waals surface area (Å²) in [6.45, 7) is 14.0. The first kappa shape index (κ1) is 27.0. The van der Waals surface area contributed by atoms with Crippen LogP contribution in [0.3, 0.4) is 0 Å². The molecule has 0 aromatic heterocycles. The van der Waals surface area contributed by atoms with E-state index in [-0.39, 0.29) is 18.2 Å². The molecule has 0 bridgehead atoms. The largest absolute Gasteiger partial charge is 0.401 e. The second-order valence-electron chi connectivity index (χ2n) is 7.74. The average Bonchev–Trinajstić information content (AvgIpc) is 2.69. The number of rotatable bonds is 11. The van der Waals surface area contributed by atoms with Gasteiger partial charge >= 0.3 is 6.18 Å². The molecule has 5 nitrogen and oxygen atoms in total. The van der Waals surface area contributed by atoms with Crippen molar-refractivity contribution in [2.75, 3.05) is 46.4 Å². The SMILES string of the molecule is C=CN(CC(OC)[C@H](C)/N=C\S)/C(=C(/C)CC)C(C)N1CCN(CC(F)(F)F)CC1. The van der Waals surface area contributed by atoms with Crippen LogP contribution in [-0.2, 0) is 4.74 Å². The third-order valence-electron chi connectivity index (χ3n) is 5.77. The van der Waals surface area contributed by atoms with Gasteiger partial charge in [-0.05, 0) is 33.4 Å². The summed E-state index contributed by atoms with van der Waals surface area (Å²) in [5, 5.41) is 0. The highest BCUT2D eigenvalue weighted by Gasteiger charge is 2.34. The monoisotopic (exact) mass is 450 g/mol. The summed E-state index contributed by atoms with van der Waals surface area (Å²) in [5.41, 5.74) is 3.83. The number of hydrogen-bond acceptors (Lipinski definition) is 5. The highest BCUT2D eigenvalue weighted by Crippen LogP contribution is 2.25. The van der Waals surface area contributed by atoms with Crippen molar-refractivity contribution in [2.24, 2.45) is 4.99 Å². The standard InChI is InChI=1S/C21H37F3N4OS/c1-7-16(3)20(27(8-2)13-19(29-6)17(4)25-15-30)18(5)28-11-9-26(10-12-28)14-21(22,23)24/h8,15,17-19H,2,7,9-14H2,1,3-6H3,(H,25,30)/b20-16-/t17-,18?,19?/m0/s1. The molecule has 0 N–H and O–H groups in total. The van der Waals surface area contributed by atoms with Gasteiger partial charge in [0.2, 0.25) is 0 Å². The van der Waals surface area contributed by atoms with Crippen LogP contribution in [0.2, 0.25) is 0 Å². The van der Waals surface area contributed by atoms with Gasteiger partial charge in [-0.25, -0.2) is 0 Å². The molecule has 1 heterocycles. The molecule has 0 saturated carbocycles.